The van der Waals surface area contributed by atoms with Gasteiger partial charge >= 0.3 is 0 Å². The molecule has 0 aliphatic rings. The second kappa shape index (κ2) is 6.00. The number of hydrazine groups is 1. The summed E-state index contributed by atoms with van der Waals surface area (Å²) in [5.74, 6) is 5.63. The number of pyridine rings is 1. The summed E-state index contributed by atoms with van der Waals surface area (Å²) in [4.78, 5) is 4.29. The van der Waals surface area contributed by atoms with E-state index >= 15 is 0 Å². The normalized spacial score (nSPS) is 12.7. The molecule has 0 amide bonds. The molecule has 0 fully saturated rings. The second-order valence-electron chi connectivity index (χ2n) is 4.26. The molecule has 1 atom stereocenters. The highest BCUT2D eigenvalue weighted by molar-refractivity contribution is 9.10. The minimum atomic E-state index is -0.167. The molecular formula is C12H15BrClN5. The Bertz CT molecular complexity index is 583. The molecule has 5 nitrogen and oxygen atoms in total. The highest BCUT2D eigenvalue weighted by Crippen LogP contribution is 2.27. The van der Waals surface area contributed by atoms with Crippen molar-refractivity contribution in [2.75, 3.05) is 0 Å². The maximum absolute atomic E-state index is 6.16. The standard InChI is InChI=1S/C12H15BrClN5/c1-7-11(13)10(19(2)18-7)6-9(17-15)12-8(14)4-3-5-16-12/h3-5,9,17H,6,15H2,1-2H3. The largest absolute Gasteiger partial charge is 0.271 e. The first-order valence-electron chi connectivity index (χ1n) is 5.79. The summed E-state index contributed by atoms with van der Waals surface area (Å²) >= 11 is 9.70. The molecule has 2 aromatic rings. The number of nitrogens with two attached hydrogens (primary N) is 1. The third kappa shape index (κ3) is 2.97. The summed E-state index contributed by atoms with van der Waals surface area (Å²) in [6.45, 7) is 1.95. The molecular weight excluding hydrogens is 330 g/mol. The van der Waals surface area contributed by atoms with E-state index in [1.807, 2.05) is 18.7 Å². The van der Waals surface area contributed by atoms with Crippen molar-refractivity contribution in [2.45, 2.75) is 19.4 Å². The van der Waals surface area contributed by atoms with Crippen LogP contribution in [0.5, 0.6) is 0 Å². The zero-order valence-electron chi connectivity index (χ0n) is 10.7. The van der Waals surface area contributed by atoms with E-state index in [4.69, 9.17) is 17.4 Å². The van der Waals surface area contributed by atoms with E-state index in [1.54, 1.807) is 18.3 Å². The van der Waals surface area contributed by atoms with Crippen molar-refractivity contribution in [1.29, 1.82) is 0 Å². The Balaban J connectivity index is 2.32. The number of hydrogen-bond donors (Lipinski definition) is 2. The monoisotopic (exact) mass is 343 g/mol. The summed E-state index contributed by atoms with van der Waals surface area (Å²) < 4.78 is 2.82. The third-order valence-electron chi connectivity index (χ3n) is 2.98. The number of nitrogens with zero attached hydrogens (tertiary/aromatic N) is 3. The van der Waals surface area contributed by atoms with Gasteiger partial charge in [-0.3, -0.25) is 20.9 Å². The molecule has 102 valence electrons. The van der Waals surface area contributed by atoms with Crippen LogP contribution in [-0.2, 0) is 13.5 Å². The Morgan fingerprint density at radius 2 is 2.32 bits per heavy atom. The Hall–Kier alpha value is -0.950. The van der Waals surface area contributed by atoms with Gasteiger partial charge in [-0.15, -0.1) is 0 Å². The highest BCUT2D eigenvalue weighted by atomic mass is 79.9. The van der Waals surface area contributed by atoms with Crippen LogP contribution in [0.2, 0.25) is 5.02 Å². The Morgan fingerprint density at radius 1 is 1.58 bits per heavy atom. The van der Waals surface area contributed by atoms with Gasteiger partial charge in [0.15, 0.2) is 0 Å². The van der Waals surface area contributed by atoms with E-state index in [1.165, 1.54) is 0 Å². The fourth-order valence-corrected chi connectivity index (χ4v) is 2.74. The van der Waals surface area contributed by atoms with Gasteiger partial charge < -0.3 is 0 Å². The molecule has 0 saturated heterocycles. The third-order valence-corrected chi connectivity index (χ3v) is 4.33. The number of halogens is 2. The van der Waals surface area contributed by atoms with Crippen molar-refractivity contribution in [3.05, 3.63) is 44.9 Å². The molecule has 7 heteroatoms. The van der Waals surface area contributed by atoms with Crippen LogP contribution in [0, 0.1) is 6.92 Å². The van der Waals surface area contributed by atoms with Gasteiger partial charge in [-0.1, -0.05) is 11.6 Å². The van der Waals surface area contributed by atoms with Gasteiger partial charge in [-0.25, -0.2) is 0 Å². The first-order valence-corrected chi connectivity index (χ1v) is 6.96. The van der Waals surface area contributed by atoms with Gasteiger partial charge in [-0.05, 0) is 35.0 Å². The fraction of sp³-hybridized carbons (Fsp3) is 0.333. The van der Waals surface area contributed by atoms with Gasteiger partial charge in [0.2, 0.25) is 0 Å². The average Bonchev–Trinajstić information content (AvgIpc) is 2.63. The minimum absolute atomic E-state index is 0.167. The van der Waals surface area contributed by atoms with Crippen molar-refractivity contribution >= 4 is 27.5 Å². The molecule has 0 aliphatic carbocycles. The Kier molecular flexibility index (Phi) is 4.57. The zero-order valence-corrected chi connectivity index (χ0v) is 13.0. The minimum Gasteiger partial charge on any atom is -0.271 e. The summed E-state index contributed by atoms with van der Waals surface area (Å²) in [5.41, 5.74) is 5.48. The van der Waals surface area contributed by atoms with E-state index in [0.717, 1.165) is 21.6 Å². The smallest absolute Gasteiger partial charge is 0.0776 e. The highest BCUT2D eigenvalue weighted by Gasteiger charge is 2.20. The number of rotatable bonds is 4. The summed E-state index contributed by atoms with van der Waals surface area (Å²) in [7, 11) is 1.90. The van der Waals surface area contributed by atoms with Crippen LogP contribution in [0.4, 0.5) is 0 Å². The predicted molar refractivity (Wildman–Crippen MR) is 78.7 cm³/mol. The molecule has 2 rings (SSSR count). The molecule has 2 heterocycles. The van der Waals surface area contributed by atoms with Crippen molar-refractivity contribution < 1.29 is 0 Å². The lowest BCUT2D eigenvalue weighted by atomic mass is 10.1. The van der Waals surface area contributed by atoms with Gasteiger partial charge in [0, 0.05) is 19.7 Å². The molecule has 19 heavy (non-hydrogen) atoms. The number of nitrogens with one attached hydrogen (secondary N) is 1. The van der Waals surface area contributed by atoms with Crippen LogP contribution >= 0.6 is 27.5 Å². The molecule has 0 spiro atoms. The average molecular weight is 345 g/mol. The second-order valence-corrected chi connectivity index (χ2v) is 5.46. The molecule has 1 unspecified atom stereocenters. The van der Waals surface area contributed by atoms with E-state index in [2.05, 4.69) is 31.4 Å². The number of hydrogen-bond acceptors (Lipinski definition) is 4. The summed E-state index contributed by atoms with van der Waals surface area (Å²) in [6.07, 6.45) is 2.35. The SMILES string of the molecule is Cc1nn(C)c(CC(NN)c2ncccc2Cl)c1Br. The van der Waals surface area contributed by atoms with Crippen LogP contribution in [0.3, 0.4) is 0 Å². The van der Waals surface area contributed by atoms with E-state index in [9.17, 15) is 0 Å². The Morgan fingerprint density at radius 3 is 2.84 bits per heavy atom. The molecule has 3 N–H and O–H groups in total. The first kappa shape index (κ1) is 14.5. The summed E-state index contributed by atoms with van der Waals surface area (Å²) in [6, 6.07) is 3.43. The van der Waals surface area contributed by atoms with E-state index < -0.39 is 0 Å². The maximum atomic E-state index is 6.16. The summed E-state index contributed by atoms with van der Waals surface area (Å²) in [5, 5.41) is 4.96. The lowest BCUT2D eigenvalue weighted by Gasteiger charge is -2.16. The fourth-order valence-electron chi connectivity index (χ4n) is 1.98. The zero-order chi connectivity index (χ0) is 14.0. The van der Waals surface area contributed by atoms with Crippen molar-refractivity contribution in [1.82, 2.24) is 20.2 Å². The topological polar surface area (TPSA) is 68.8 Å². The van der Waals surface area contributed by atoms with Crippen molar-refractivity contribution in [3.63, 3.8) is 0 Å². The predicted octanol–water partition coefficient (Wildman–Crippen LogP) is 2.29. The maximum Gasteiger partial charge on any atom is 0.0776 e. The van der Waals surface area contributed by atoms with Gasteiger partial charge in [0.25, 0.3) is 0 Å². The number of aryl methyl sites for hydroxylation is 2. The molecule has 0 saturated carbocycles. The van der Waals surface area contributed by atoms with Gasteiger partial charge in [0.1, 0.15) is 0 Å². The molecule has 2 aromatic heterocycles. The van der Waals surface area contributed by atoms with Gasteiger partial charge in [0.05, 0.1) is 32.6 Å². The van der Waals surface area contributed by atoms with E-state index in [-0.39, 0.29) is 6.04 Å². The molecule has 0 radical (unpaired) electrons. The van der Waals surface area contributed by atoms with Crippen LogP contribution in [0.25, 0.3) is 0 Å². The molecule has 0 bridgehead atoms. The van der Waals surface area contributed by atoms with Crippen LogP contribution < -0.4 is 11.3 Å². The lowest BCUT2D eigenvalue weighted by molar-refractivity contribution is 0.518. The van der Waals surface area contributed by atoms with Crippen LogP contribution in [0.1, 0.15) is 23.1 Å². The van der Waals surface area contributed by atoms with Crippen molar-refractivity contribution in [3.8, 4) is 0 Å². The van der Waals surface area contributed by atoms with Crippen molar-refractivity contribution in [2.24, 2.45) is 12.9 Å². The molecule has 0 aliphatic heterocycles. The quantitative estimate of drug-likeness (QED) is 0.659. The Labute approximate surface area is 125 Å². The molecule has 0 aromatic carbocycles. The van der Waals surface area contributed by atoms with Gasteiger partial charge in [-0.2, -0.15) is 5.10 Å². The van der Waals surface area contributed by atoms with E-state index in [0.29, 0.717) is 11.4 Å². The lowest BCUT2D eigenvalue weighted by Crippen LogP contribution is -2.31. The first-order chi connectivity index (χ1) is 9.04. The van der Waals surface area contributed by atoms with Crippen LogP contribution in [0.15, 0.2) is 22.8 Å². The van der Waals surface area contributed by atoms with Crippen LogP contribution in [-0.4, -0.2) is 14.8 Å². The number of aromatic nitrogens is 3.